The summed E-state index contributed by atoms with van der Waals surface area (Å²) in [5, 5.41) is 0.0480. The summed E-state index contributed by atoms with van der Waals surface area (Å²) in [6.07, 6.45) is -2.76. The minimum Gasteiger partial charge on any atom is -0.411 e. The molecule has 2 heterocycles. The van der Waals surface area contributed by atoms with Crippen molar-refractivity contribution in [2.45, 2.75) is 141 Å². The average Bonchev–Trinajstić information content (AvgIpc) is 2.85. The fraction of sp³-hybridized carbons (Fsp3) is 1.00. The van der Waals surface area contributed by atoms with E-state index in [1.54, 1.807) is 28.4 Å². The molecule has 11 heteroatoms. The van der Waals surface area contributed by atoms with Gasteiger partial charge in [0.1, 0.15) is 18.3 Å². The molecule has 4 unspecified atom stereocenters. The van der Waals surface area contributed by atoms with Crippen LogP contribution in [0.4, 0.5) is 0 Å². The van der Waals surface area contributed by atoms with Gasteiger partial charge in [-0.25, -0.2) is 0 Å². The van der Waals surface area contributed by atoms with Crippen LogP contribution in [0.25, 0.3) is 0 Å². The Morgan fingerprint density at radius 3 is 1.44 bits per heavy atom. The summed E-state index contributed by atoms with van der Waals surface area (Å²) in [5.74, 6) is -0.116. The molecule has 9 nitrogen and oxygen atoms in total. The highest BCUT2D eigenvalue weighted by Crippen LogP contribution is 2.44. The molecule has 10 atom stereocenters. The zero-order chi connectivity index (χ0) is 31.6. The van der Waals surface area contributed by atoms with E-state index in [-0.39, 0.29) is 59.0 Å². The Kier molecular flexibility index (Phi) is 13.1. The fourth-order valence-corrected chi connectivity index (χ4v) is 7.85. The van der Waals surface area contributed by atoms with E-state index >= 15 is 0 Å². The van der Waals surface area contributed by atoms with E-state index in [0.29, 0.717) is 6.61 Å². The van der Waals surface area contributed by atoms with Gasteiger partial charge in [-0.2, -0.15) is 0 Å². The topological polar surface area (TPSA) is 83.1 Å². The highest BCUT2D eigenvalue weighted by atomic mass is 28.4. The lowest BCUT2D eigenvalue weighted by Gasteiger charge is -2.52. The Morgan fingerprint density at radius 1 is 0.561 bits per heavy atom. The molecule has 0 N–H and O–H groups in total. The summed E-state index contributed by atoms with van der Waals surface area (Å²) < 4.78 is 56.7. The lowest BCUT2D eigenvalue weighted by Crippen LogP contribution is -2.64. The third-order valence-electron chi connectivity index (χ3n) is 9.90. The Balaban J connectivity index is 2.44. The van der Waals surface area contributed by atoms with Gasteiger partial charge in [-0.1, -0.05) is 55.4 Å². The van der Waals surface area contributed by atoms with Gasteiger partial charge in [-0.05, 0) is 36.3 Å². The number of methoxy groups -OCH3 is 4. The summed E-state index contributed by atoms with van der Waals surface area (Å²) >= 11 is 0. The van der Waals surface area contributed by atoms with Crippen LogP contribution in [0.15, 0.2) is 0 Å². The maximum Gasteiger partial charge on any atom is 0.192 e. The van der Waals surface area contributed by atoms with Crippen molar-refractivity contribution in [3.8, 4) is 0 Å². The van der Waals surface area contributed by atoms with E-state index in [1.165, 1.54) is 0 Å². The van der Waals surface area contributed by atoms with Gasteiger partial charge in [0.25, 0.3) is 0 Å². The molecule has 41 heavy (non-hydrogen) atoms. The van der Waals surface area contributed by atoms with Gasteiger partial charge in [0.05, 0.1) is 31.5 Å². The van der Waals surface area contributed by atoms with Gasteiger partial charge in [-0.15, -0.1) is 0 Å². The third-order valence-corrected chi connectivity index (χ3v) is 18.8. The van der Waals surface area contributed by atoms with Crippen molar-refractivity contribution in [3.63, 3.8) is 0 Å². The summed E-state index contributed by atoms with van der Waals surface area (Å²) in [5.41, 5.74) is 0. The SMILES string of the molecule is COCC1O[C@@H](OCC2O[C@@H](OC)C(C)[C@@H](O[Si](C)(C)C(C)(C)C)[C@@H]2O[Si](C)(C)C(C)(C)C)C(C)[C@@H](OC)[C@@H]1OC. The van der Waals surface area contributed by atoms with Gasteiger partial charge >= 0.3 is 0 Å². The standard InChI is InChI=1S/C30H62O9Si2/c1-19-23(32-10)25(33-11)21(17-31-9)37-28(19)35-18-22-26(39-41(15,16)30(6,7)8)24(20(2)27(34-12)36-22)38-40(13,14)29(3,4)5/h19-28H,17-18H2,1-16H3/t19?,20?,21?,22?,23-,24-,25-,26-,27-,28-/m1/s1. The van der Waals surface area contributed by atoms with E-state index in [0.717, 1.165) is 0 Å². The van der Waals surface area contributed by atoms with E-state index in [9.17, 15) is 0 Å². The predicted octanol–water partition coefficient (Wildman–Crippen LogP) is 5.83. The molecule has 0 aromatic rings. The van der Waals surface area contributed by atoms with Crippen LogP contribution < -0.4 is 0 Å². The lowest BCUT2D eigenvalue weighted by molar-refractivity contribution is -0.314. The van der Waals surface area contributed by atoms with Crippen molar-refractivity contribution in [1.29, 1.82) is 0 Å². The zero-order valence-corrected chi connectivity index (χ0v) is 30.9. The van der Waals surface area contributed by atoms with Gasteiger partial charge in [0.2, 0.25) is 0 Å². The van der Waals surface area contributed by atoms with E-state index in [1.807, 2.05) is 0 Å². The van der Waals surface area contributed by atoms with Crippen molar-refractivity contribution < 1.29 is 42.0 Å². The molecule has 0 amide bonds. The Bertz CT molecular complexity index is 798. The van der Waals surface area contributed by atoms with Gasteiger partial charge < -0.3 is 42.0 Å². The first-order valence-corrected chi connectivity index (χ1v) is 20.9. The van der Waals surface area contributed by atoms with E-state index in [4.69, 9.17) is 42.0 Å². The first kappa shape index (κ1) is 37.3. The predicted molar refractivity (Wildman–Crippen MR) is 166 cm³/mol. The molecule has 0 aliphatic carbocycles. The van der Waals surface area contributed by atoms with Crippen LogP contribution in [-0.2, 0) is 42.0 Å². The van der Waals surface area contributed by atoms with Crippen LogP contribution >= 0.6 is 0 Å². The second-order valence-electron chi connectivity index (χ2n) is 14.9. The Morgan fingerprint density at radius 2 is 1.00 bits per heavy atom. The van der Waals surface area contributed by atoms with Gasteiger partial charge in [0.15, 0.2) is 29.2 Å². The van der Waals surface area contributed by atoms with Crippen LogP contribution in [0, 0.1) is 11.8 Å². The largest absolute Gasteiger partial charge is 0.411 e. The minimum atomic E-state index is -2.22. The molecule has 2 rings (SSSR count). The number of hydrogen-bond acceptors (Lipinski definition) is 9. The van der Waals surface area contributed by atoms with Gasteiger partial charge in [0, 0.05) is 40.3 Å². The summed E-state index contributed by atoms with van der Waals surface area (Å²) in [7, 11) is 2.32. The molecule has 0 bridgehead atoms. The number of rotatable bonds is 12. The number of ether oxygens (including phenoxy) is 7. The molecular formula is C30H62O9Si2. The molecule has 0 saturated carbocycles. The first-order chi connectivity index (χ1) is 18.8. The molecule has 2 saturated heterocycles. The average molecular weight is 623 g/mol. The Hall–Kier alpha value is 0.0738. The minimum absolute atomic E-state index is 0.0104. The molecule has 244 valence electrons. The molecule has 2 aliphatic rings. The van der Waals surface area contributed by atoms with Crippen molar-refractivity contribution in [2.24, 2.45) is 11.8 Å². The lowest BCUT2D eigenvalue weighted by atomic mass is 9.91. The second kappa shape index (κ2) is 14.4. The molecule has 0 aromatic heterocycles. The Labute approximate surface area is 252 Å². The summed E-state index contributed by atoms with van der Waals surface area (Å²) in [4.78, 5) is 0. The third kappa shape index (κ3) is 8.62. The zero-order valence-electron chi connectivity index (χ0n) is 28.9. The molecule has 2 aliphatic heterocycles. The van der Waals surface area contributed by atoms with Crippen molar-refractivity contribution in [3.05, 3.63) is 0 Å². The monoisotopic (exact) mass is 622 g/mol. The molecule has 0 spiro atoms. The van der Waals surface area contributed by atoms with E-state index < -0.39 is 35.3 Å². The number of hydrogen-bond donors (Lipinski definition) is 0. The fourth-order valence-electron chi connectivity index (χ4n) is 5.15. The normalized spacial score (nSPS) is 36.0. The van der Waals surface area contributed by atoms with Gasteiger partial charge in [-0.3, -0.25) is 0 Å². The van der Waals surface area contributed by atoms with Crippen LogP contribution in [-0.4, -0.2) is 107 Å². The van der Waals surface area contributed by atoms with Crippen LogP contribution in [0.3, 0.4) is 0 Å². The second-order valence-corrected chi connectivity index (χ2v) is 24.4. The van der Waals surface area contributed by atoms with Crippen molar-refractivity contribution in [2.75, 3.05) is 41.7 Å². The highest BCUT2D eigenvalue weighted by molar-refractivity contribution is 6.74. The van der Waals surface area contributed by atoms with Crippen LogP contribution in [0.2, 0.25) is 36.3 Å². The van der Waals surface area contributed by atoms with Crippen LogP contribution in [0.1, 0.15) is 55.4 Å². The smallest absolute Gasteiger partial charge is 0.192 e. The highest BCUT2D eigenvalue weighted by Gasteiger charge is 2.53. The van der Waals surface area contributed by atoms with E-state index in [2.05, 4.69) is 81.6 Å². The molecule has 0 aromatic carbocycles. The quantitative estimate of drug-likeness (QED) is 0.250. The first-order valence-electron chi connectivity index (χ1n) is 15.1. The maximum atomic E-state index is 7.16. The molecular weight excluding hydrogens is 560 g/mol. The summed E-state index contributed by atoms with van der Waals surface area (Å²) in [6, 6.07) is 0. The van der Waals surface area contributed by atoms with Crippen LogP contribution in [0.5, 0.6) is 0 Å². The van der Waals surface area contributed by atoms with Crippen molar-refractivity contribution >= 4 is 16.6 Å². The van der Waals surface area contributed by atoms with Crippen molar-refractivity contribution in [1.82, 2.24) is 0 Å². The molecule has 0 radical (unpaired) electrons. The maximum absolute atomic E-state index is 7.16. The summed E-state index contributed by atoms with van der Waals surface area (Å²) in [6.45, 7) is 27.5. The molecule has 2 fully saturated rings.